The zero-order chi connectivity index (χ0) is 20.4. The van der Waals surface area contributed by atoms with Crippen molar-refractivity contribution in [3.8, 4) is 0 Å². The lowest BCUT2D eigenvalue weighted by molar-refractivity contribution is -0.121. The van der Waals surface area contributed by atoms with Crippen molar-refractivity contribution in [1.29, 1.82) is 0 Å². The number of nitrogens with zero attached hydrogens (tertiary/aromatic N) is 2. The second kappa shape index (κ2) is 8.26. The van der Waals surface area contributed by atoms with Gasteiger partial charge in [-0.25, -0.2) is 8.42 Å². The second-order valence-corrected chi connectivity index (χ2v) is 9.73. The molecular weight excluding hydrogens is 386 g/mol. The molecule has 1 N–H and O–H groups in total. The SMILES string of the molecule is C[C@H](C(=O)Nc1ccc(S(=O)(=O)N2CCCC2)cc1)N1CCc2ccccc2C1. The van der Waals surface area contributed by atoms with Gasteiger partial charge in [-0.05, 0) is 61.6 Å². The molecular formula is C22H27N3O3S. The van der Waals surface area contributed by atoms with E-state index in [0.717, 1.165) is 32.4 Å². The van der Waals surface area contributed by atoms with Gasteiger partial charge in [0.25, 0.3) is 0 Å². The first-order valence-corrected chi connectivity index (χ1v) is 11.6. The molecule has 0 aliphatic carbocycles. The normalized spacial score (nSPS) is 18.9. The largest absolute Gasteiger partial charge is 0.325 e. The van der Waals surface area contributed by atoms with Crippen LogP contribution in [0, 0.1) is 0 Å². The third kappa shape index (κ3) is 4.22. The van der Waals surface area contributed by atoms with Crippen molar-refractivity contribution >= 4 is 21.6 Å². The molecule has 0 radical (unpaired) electrons. The fraction of sp³-hybridized carbons (Fsp3) is 0.409. The highest BCUT2D eigenvalue weighted by Gasteiger charge is 2.28. The van der Waals surface area contributed by atoms with Gasteiger partial charge in [0.05, 0.1) is 10.9 Å². The molecule has 4 rings (SSSR count). The maximum absolute atomic E-state index is 12.7. The average Bonchev–Trinajstić information content (AvgIpc) is 3.29. The third-order valence-electron chi connectivity index (χ3n) is 5.91. The smallest absolute Gasteiger partial charge is 0.243 e. The number of carbonyl (C=O) groups is 1. The van der Waals surface area contributed by atoms with Crippen LogP contribution in [0.2, 0.25) is 0 Å². The predicted molar refractivity (Wildman–Crippen MR) is 113 cm³/mol. The van der Waals surface area contributed by atoms with Crippen LogP contribution < -0.4 is 5.32 Å². The minimum Gasteiger partial charge on any atom is -0.325 e. The number of sulfonamides is 1. The van der Waals surface area contributed by atoms with Crippen molar-refractivity contribution in [2.75, 3.05) is 25.0 Å². The van der Waals surface area contributed by atoms with E-state index in [1.165, 1.54) is 15.4 Å². The monoisotopic (exact) mass is 413 g/mol. The molecule has 0 aromatic heterocycles. The summed E-state index contributed by atoms with van der Waals surface area (Å²) in [5.41, 5.74) is 3.24. The van der Waals surface area contributed by atoms with Crippen LogP contribution in [0.25, 0.3) is 0 Å². The van der Waals surface area contributed by atoms with Crippen LogP contribution in [0.5, 0.6) is 0 Å². The fourth-order valence-corrected chi connectivity index (χ4v) is 5.57. The average molecular weight is 414 g/mol. The molecule has 29 heavy (non-hydrogen) atoms. The van der Waals surface area contributed by atoms with E-state index in [1.807, 2.05) is 13.0 Å². The van der Waals surface area contributed by atoms with Crippen molar-refractivity contribution in [3.05, 3.63) is 59.7 Å². The number of benzene rings is 2. The summed E-state index contributed by atoms with van der Waals surface area (Å²) in [7, 11) is -3.43. The molecule has 1 saturated heterocycles. The Balaban J connectivity index is 1.39. The molecule has 0 spiro atoms. The molecule has 0 saturated carbocycles. The summed E-state index contributed by atoms with van der Waals surface area (Å²) in [5, 5.41) is 2.92. The van der Waals surface area contributed by atoms with Gasteiger partial charge in [-0.1, -0.05) is 24.3 Å². The quantitative estimate of drug-likeness (QED) is 0.818. The summed E-state index contributed by atoms with van der Waals surface area (Å²) in [6.07, 6.45) is 2.76. The van der Waals surface area contributed by atoms with Crippen LogP contribution in [0.4, 0.5) is 5.69 Å². The number of nitrogens with one attached hydrogen (secondary N) is 1. The van der Waals surface area contributed by atoms with Gasteiger partial charge in [0, 0.05) is 31.9 Å². The number of carbonyl (C=O) groups excluding carboxylic acids is 1. The van der Waals surface area contributed by atoms with Crippen LogP contribution >= 0.6 is 0 Å². The predicted octanol–water partition coefficient (Wildman–Crippen LogP) is 2.86. The molecule has 154 valence electrons. The van der Waals surface area contributed by atoms with E-state index in [0.29, 0.717) is 18.8 Å². The molecule has 1 fully saturated rings. The molecule has 0 unspecified atom stereocenters. The summed E-state index contributed by atoms with van der Waals surface area (Å²) in [6, 6.07) is 14.6. The number of amides is 1. The van der Waals surface area contributed by atoms with E-state index < -0.39 is 10.0 Å². The van der Waals surface area contributed by atoms with Gasteiger partial charge in [0.1, 0.15) is 0 Å². The zero-order valence-electron chi connectivity index (χ0n) is 16.7. The maximum atomic E-state index is 12.7. The highest BCUT2D eigenvalue weighted by atomic mass is 32.2. The van der Waals surface area contributed by atoms with Gasteiger partial charge < -0.3 is 5.32 Å². The summed E-state index contributed by atoms with van der Waals surface area (Å²) in [6.45, 7) is 4.68. The number of hydrogen-bond acceptors (Lipinski definition) is 4. The third-order valence-corrected chi connectivity index (χ3v) is 7.82. The van der Waals surface area contributed by atoms with E-state index >= 15 is 0 Å². The summed E-state index contributed by atoms with van der Waals surface area (Å²) in [5.74, 6) is -0.0838. The molecule has 6 nitrogen and oxygen atoms in total. The van der Waals surface area contributed by atoms with E-state index in [-0.39, 0.29) is 16.8 Å². The fourth-order valence-electron chi connectivity index (χ4n) is 4.05. The van der Waals surface area contributed by atoms with Gasteiger partial charge in [0.15, 0.2) is 0 Å². The Morgan fingerprint density at radius 3 is 2.31 bits per heavy atom. The Hall–Kier alpha value is -2.22. The van der Waals surface area contributed by atoms with Crippen LogP contribution in [0.3, 0.4) is 0 Å². The van der Waals surface area contributed by atoms with Crippen molar-refractivity contribution in [1.82, 2.24) is 9.21 Å². The van der Waals surface area contributed by atoms with E-state index in [4.69, 9.17) is 0 Å². The summed E-state index contributed by atoms with van der Waals surface area (Å²) in [4.78, 5) is 15.2. The minimum absolute atomic E-state index is 0.0838. The van der Waals surface area contributed by atoms with Crippen molar-refractivity contribution in [2.45, 2.75) is 43.7 Å². The Morgan fingerprint density at radius 1 is 0.966 bits per heavy atom. The first-order chi connectivity index (χ1) is 13.9. The van der Waals surface area contributed by atoms with Gasteiger partial charge in [0.2, 0.25) is 15.9 Å². The molecule has 1 amide bonds. The minimum atomic E-state index is -3.43. The second-order valence-electron chi connectivity index (χ2n) is 7.79. The topological polar surface area (TPSA) is 69.7 Å². The Morgan fingerprint density at radius 2 is 1.62 bits per heavy atom. The molecule has 2 aromatic rings. The molecule has 1 atom stereocenters. The van der Waals surface area contributed by atoms with Gasteiger partial charge in [-0.15, -0.1) is 0 Å². The first kappa shape index (κ1) is 20.1. The van der Waals surface area contributed by atoms with Crippen molar-refractivity contribution < 1.29 is 13.2 Å². The van der Waals surface area contributed by atoms with E-state index in [2.05, 4.69) is 28.4 Å². The van der Waals surface area contributed by atoms with Crippen molar-refractivity contribution in [3.63, 3.8) is 0 Å². The summed E-state index contributed by atoms with van der Waals surface area (Å²) >= 11 is 0. The van der Waals surface area contributed by atoms with Gasteiger partial charge >= 0.3 is 0 Å². The molecule has 7 heteroatoms. The Bertz CT molecular complexity index is 983. The molecule has 2 heterocycles. The highest BCUT2D eigenvalue weighted by molar-refractivity contribution is 7.89. The summed E-state index contributed by atoms with van der Waals surface area (Å²) < 4.78 is 26.8. The van der Waals surface area contributed by atoms with Crippen molar-refractivity contribution in [2.24, 2.45) is 0 Å². The van der Waals surface area contributed by atoms with Crippen LogP contribution in [-0.4, -0.2) is 49.2 Å². The number of fused-ring (bicyclic) bond motifs is 1. The lowest BCUT2D eigenvalue weighted by atomic mass is 9.99. The molecule has 2 aliphatic rings. The van der Waals surface area contributed by atoms with Gasteiger partial charge in [-0.3, -0.25) is 9.69 Å². The van der Waals surface area contributed by atoms with Crippen LogP contribution in [0.1, 0.15) is 30.9 Å². The zero-order valence-corrected chi connectivity index (χ0v) is 17.5. The molecule has 0 bridgehead atoms. The Kier molecular flexibility index (Phi) is 5.72. The van der Waals surface area contributed by atoms with Crippen LogP contribution in [0.15, 0.2) is 53.4 Å². The Labute approximate surface area is 172 Å². The first-order valence-electron chi connectivity index (χ1n) is 10.2. The lowest BCUT2D eigenvalue weighted by Crippen LogP contribution is -2.44. The highest BCUT2D eigenvalue weighted by Crippen LogP contribution is 2.23. The van der Waals surface area contributed by atoms with E-state index in [9.17, 15) is 13.2 Å². The van der Waals surface area contributed by atoms with E-state index in [1.54, 1.807) is 24.3 Å². The van der Waals surface area contributed by atoms with Crippen LogP contribution in [-0.2, 0) is 27.8 Å². The molecule has 2 aromatic carbocycles. The standard InChI is InChI=1S/C22H27N3O3S/c1-17(24-15-12-18-6-2-3-7-19(18)16-24)22(26)23-20-8-10-21(11-9-20)29(27,28)25-13-4-5-14-25/h2-3,6-11,17H,4-5,12-16H2,1H3,(H,23,26)/t17-/m1/s1. The molecule has 2 aliphatic heterocycles. The van der Waals surface area contributed by atoms with Gasteiger partial charge in [-0.2, -0.15) is 4.31 Å². The number of hydrogen-bond donors (Lipinski definition) is 1. The maximum Gasteiger partial charge on any atom is 0.243 e. The number of rotatable bonds is 5. The lowest BCUT2D eigenvalue weighted by Gasteiger charge is -2.32. The number of anilines is 1.